The second kappa shape index (κ2) is 66.6. The average molecular weight is 1280 g/mol. The zero-order chi connectivity index (χ0) is 66.0. The second-order valence-electron chi connectivity index (χ2n) is 26.0. The molecule has 11 heteroatoms. The summed E-state index contributed by atoms with van der Waals surface area (Å²) in [5, 5.41) is 57.3. The van der Waals surface area contributed by atoms with Gasteiger partial charge in [0.25, 0.3) is 0 Å². The monoisotopic (exact) mass is 1280 g/mol. The molecule has 1 aliphatic heterocycles. The van der Waals surface area contributed by atoms with Crippen LogP contribution in [0.4, 0.5) is 0 Å². The van der Waals surface area contributed by atoms with E-state index in [1.54, 1.807) is 6.08 Å². The third-order valence-electron chi connectivity index (χ3n) is 17.5. The lowest BCUT2D eigenvalue weighted by molar-refractivity contribution is -0.305. The zero-order valence-electron chi connectivity index (χ0n) is 58.7. The summed E-state index contributed by atoms with van der Waals surface area (Å²) in [5.74, 6) is -1.20. The van der Waals surface area contributed by atoms with Crippen molar-refractivity contribution < 1.29 is 49.3 Å². The van der Waals surface area contributed by atoms with Crippen LogP contribution in [0, 0.1) is 0 Å². The van der Waals surface area contributed by atoms with Gasteiger partial charge in [-0.2, -0.15) is 0 Å². The molecule has 8 atom stereocenters. The van der Waals surface area contributed by atoms with Crippen LogP contribution in [0.1, 0.15) is 335 Å². The first-order valence-corrected chi connectivity index (χ1v) is 38.0. The Bertz CT molecular complexity index is 1860. The normalized spacial score (nSPS) is 18.5. The number of unbranched alkanes of at least 4 members (excludes halogenated alkanes) is 37. The predicted molar refractivity (Wildman–Crippen MR) is 384 cm³/mol. The number of hydrogen-bond acceptors (Lipinski definition) is 10. The van der Waals surface area contributed by atoms with Crippen LogP contribution in [0.15, 0.2) is 97.2 Å². The number of hydrogen-bond donors (Lipinski definition) is 6. The highest BCUT2D eigenvalue weighted by Gasteiger charge is 2.47. The number of carbonyl (C=O) groups is 2. The number of rotatable bonds is 65. The number of carbonyl (C=O) groups excluding carboxylic acids is 2. The van der Waals surface area contributed by atoms with Gasteiger partial charge < -0.3 is 45.1 Å². The highest BCUT2D eigenvalue weighted by Crippen LogP contribution is 2.26. The fraction of sp³-hybridized carbons (Fsp3) is 0.775. The van der Waals surface area contributed by atoms with Crippen molar-refractivity contribution in [1.82, 2.24) is 5.32 Å². The van der Waals surface area contributed by atoms with E-state index in [4.69, 9.17) is 14.2 Å². The Kier molecular flexibility index (Phi) is 62.6. The van der Waals surface area contributed by atoms with Gasteiger partial charge in [0.2, 0.25) is 5.91 Å². The minimum Gasteiger partial charge on any atom is -0.454 e. The van der Waals surface area contributed by atoms with Gasteiger partial charge in [-0.25, -0.2) is 0 Å². The second-order valence-corrected chi connectivity index (χ2v) is 26.0. The summed E-state index contributed by atoms with van der Waals surface area (Å²) >= 11 is 0. The smallest absolute Gasteiger partial charge is 0.306 e. The van der Waals surface area contributed by atoms with E-state index in [-0.39, 0.29) is 19.4 Å². The summed E-state index contributed by atoms with van der Waals surface area (Å²) in [4.78, 5) is 26.7. The molecule has 0 aliphatic carbocycles. The number of allylic oxidation sites excluding steroid dienone is 15. The number of nitrogens with one attached hydrogen (secondary N) is 1. The molecule has 1 rings (SSSR count). The van der Waals surface area contributed by atoms with Crippen molar-refractivity contribution in [3.63, 3.8) is 0 Å². The summed E-state index contributed by atoms with van der Waals surface area (Å²) in [7, 11) is 0. The molecule has 1 saturated heterocycles. The standard InChI is InChI=1S/C80H141NO10/c1-4-7-10-13-16-19-22-24-26-28-30-32-34-36-38-39-41-43-45-47-49-52-55-58-61-64-67-73(84)79(88)81-71(72(83)66-63-60-57-54-51-21-18-15-12-9-6-3)70-89-80-78(77(87)76(86)74(69-82)90-80)91-75(85)68-65-62-59-56-53-50-48-46-44-42-40-37-35-33-31-29-27-25-23-20-17-14-11-8-5-2/h16-17,19-20,24-27,30-33,36,38,63,66,71-74,76-78,80,82-84,86-87H,4-15,18,21-23,28-29,34-35,37,39-62,64-65,67-70H2,1-3H3,(H,81,88)/b19-16-,20-17-,26-24-,27-25-,32-30-,33-31-,38-36-,66-63+. The van der Waals surface area contributed by atoms with E-state index in [0.717, 1.165) is 96.3 Å². The number of esters is 1. The molecule has 1 aliphatic rings. The van der Waals surface area contributed by atoms with Gasteiger partial charge in [0, 0.05) is 6.42 Å². The van der Waals surface area contributed by atoms with Crippen molar-refractivity contribution in [1.29, 1.82) is 0 Å². The molecule has 0 saturated carbocycles. The minimum absolute atomic E-state index is 0.118. The molecule has 1 fully saturated rings. The van der Waals surface area contributed by atoms with Crippen molar-refractivity contribution >= 4 is 11.9 Å². The zero-order valence-corrected chi connectivity index (χ0v) is 58.7. The molecule has 1 amide bonds. The lowest BCUT2D eigenvalue weighted by atomic mass is 9.99. The van der Waals surface area contributed by atoms with E-state index in [0.29, 0.717) is 12.8 Å². The first kappa shape index (κ1) is 85.6. The fourth-order valence-corrected chi connectivity index (χ4v) is 11.5. The Morgan fingerprint density at radius 2 is 0.758 bits per heavy atom. The summed E-state index contributed by atoms with van der Waals surface area (Å²) in [6.45, 7) is 5.76. The maximum absolute atomic E-state index is 13.5. The Labute approximate surface area is 558 Å². The lowest BCUT2D eigenvalue weighted by Crippen LogP contribution is -2.61. The van der Waals surface area contributed by atoms with E-state index in [2.05, 4.69) is 111 Å². The molecule has 6 N–H and O–H groups in total. The van der Waals surface area contributed by atoms with E-state index in [1.807, 2.05) is 6.08 Å². The van der Waals surface area contributed by atoms with Crippen LogP contribution < -0.4 is 5.32 Å². The number of aliphatic hydroxyl groups excluding tert-OH is 5. The predicted octanol–water partition coefficient (Wildman–Crippen LogP) is 20.2. The minimum atomic E-state index is -1.62. The fourth-order valence-electron chi connectivity index (χ4n) is 11.5. The molecular formula is C80H141NO10. The SMILES string of the molecule is CCCCC/C=C\C/C=C\C/C=C\C/C=C\CCCCCCCCCCCCC(O)C(=O)NC(COC1OC(CO)C(O)C(O)C1OC(=O)CCCCCCCCCCCCCC/C=C\C/C=C\C/C=C\CCCCC)C(O)/C=C/CCCCCCCCCCC. The quantitative estimate of drug-likeness (QED) is 0.0195. The largest absolute Gasteiger partial charge is 0.454 e. The molecule has 0 spiro atoms. The molecule has 0 aromatic carbocycles. The molecule has 91 heavy (non-hydrogen) atoms. The van der Waals surface area contributed by atoms with Crippen LogP contribution in [0.5, 0.6) is 0 Å². The molecule has 0 aromatic rings. The van der Waals surface area contributed by atoms with Gasteiger partial charge in [-0.15, -0.1) is 0 Å². The van der Waals surface area contributed by atoms with Crippen molar-refractivity contribution in [2.24, 2.45) is 0 Å². The van der Waals surface area contributed by atoms with Crippen LogP contribution in [-0.4, -0.2) is 99.6 Å². The Morgan fingerprint density at radius 3 is 1.15 bits per heavy atom. The molecule has 11 nitrogen and oxygen atoms in total. The average Bonchev–Trinajstić information content (AvgIpc) is 1.02. The van der Waals surface area contributed by atoms with Crippen LogP contribution in [0.3, 0.4) is 0 Å². The number of ether oxygens (including phenoxy) is 3. The van der Waals surface area contributed by atoms with E-state index < -0.39 is 67.4 Å². The maximum atomic E-state index is 13.5. The van der Waals surface area contributed by atoms with Gasteiger partial charge in [-0.1, -0.05) is 317 Å². The Hall–Kier alpha value is -3.42. The Morgan fingerprint density at radius 1 is 0.429 bits per heavy atom. The maximum Gasteiger partial charge on any atom is 0.306 e. The van der Waals surface area contributed by atoms with Crippen molar-refractivity contribution in [2.45, 2.75) is 384 Å². The van der Waals surface area contributed by atoms with Gasteiger partial charge >= 0.3 is 5.97 Å². The van der Waals surface area contributed by atoms with E-state index in [9.17, 15) is 35.1 Å². The highest BCUT2D eigenvalue weighted by atomic mass is 16.7. The van der Waals surface area contributed by atoms with Crippen LogP contribution in [0.25, 0.3) is 0 Å². The topological polar surface area (TPSA) is 175 Å². The van der Waals surface area contributed by atoms with E-state index >= 15 is 0 Å². The number of aliphatic hydroxyl groups is 5. The van der Waals surface area contributed by atoms with Crippen molar-refractivity contribution in [2.75, 3.05) is 13.2 Å². The van der Waals surface area contributed by atoms with Gasteiger partial charge in [0.1, 0.15) is 24.4 Å². The summed E-state index contributed by atoms with van der Waals surface area (Å²) in [6.07, 6.45) is 80.2. The van der Waals surface area contributed by atoms with Gasteiger partial charge in [0.05, 0.1) is 25.4 Å². The molecule has 0 aromatic heterocycles. The van der Waals surface area contributed by atoms with Crippen molar-refractivity contribution in [3.8, 4) is 0 Å². The molecule has 0 radical (unpaired) electrons. The summed E-state index contributed by atoms with van der Waals surface area (Å²) < 4.78 is 17.7. The molecule has 0 bridgehead atoms. The molecular weight excluding hydrogens is 1130 g/mol. The van der Waals surface area contributed by atoms with Crippen LogP contribution in [-0.2, 0) is 23.8 Å². The first-order valence-electron chi connectivity index (χ1n) is 38.0. The van der Waals surface area contributed by atoms with Gasteiger partial charge in [-0.3, -0.25) is 9.59 Å². The van der Waals surface area contributed by atoms with Gasteiger partial charge in [0.15, 0.2) is 12.4 Å². The van der Waals surface area contributed by atoms with Crippen LogP contribution >= 0.6 is 0 Å². The highest BCUT2D eigenvalue weighted by molar-refractivity contribution is 5.80. The molecule has 8 unspecified atom stereocenters. The van der Waals surface area contributed by atoms with Crippen molar-refractivity contribution in [3.05, 3.63) is 97.2 Å². The lowest BCUT2D eigenvalue weighted by Gasteiger charge is -2.41. The van der Waals surface area contributed by atoms with Crippen LogP contribution in [0.2, 0.25) is 0 Å². The molecule has 526 valence electrons. The summed E-state index contributed by atoms with van der Waals surface area (Å²) in [6, 6.07) is -1.03. The van der Waals surface area contributed by atoms with Gasteiger partial charge in [-0.05, 0) is 109 Å². The Balaban J connectivity index is 2.52. The first-order chi connectivity index (χ1) is 44.7. The number of amides is 1. The molecule has 1 heterocycles. The summed E-state index contributed by atoms with van der Waals surface area (Å²) in [5.41, 5.74) is 0. The third-order valence-corrected chi connectivity index (χ3v) is 17.5. The third kappa shape index (κ3) is 53.5. The van der Waals surface area contributed by atoms with E-state index in [1.165, 1.54) is 193 Å².